The van der Waals surface area contributed by atoms with Crippen LogP contribution in [0.25, 0.3) is 0 Å². The zero-order valence-electron chi connectivity index (χ0n) is 8.97. The first-order chi connectivity index (χ1) is 7.58. The molecule has 0 aromatic heterocycles. The van der Waals surface area contributed by atoms with Gasteiger partial charge in [0.05, 0.1) is 0 Å². The van der Waals surface area contributed by atoms with E-state index in [1.807, 2.05) is 6.92 Å². The van der Waals surface area contributed by atoms with Gasteiger partial charge in [0.2, 0.25) is 0 Å². The number of hydrogen-bond donors (Lipinski definition) is 1. The summed E-state index contributed by atoms with van der Waals surface area (Å²) in [5.74, 6) is -1.57. The van der Waals surface area contributed by atoms with Crippen molar-refractivity contribution in [2.75, 3.05) is 6.54 Å². The van der Waals surface area contributed by atoms with Crippen LogP contribution in [-0.2, 0) is 4.79 Å². The summed E-state index contributed by atoms with van der Waals surface area (Å²) in [4.78, 5) is 11.5. The number of carbonyl (C=O) groups is 1. The zero-order chi connectivity index (χ0) is 11.7. The van der Waals surface area contributed by atoms with Crippen LogP contribution >= 0.6 is 0 Å². The van der Waals surface area contributed by atoms with Crippen LogP contribution in [0.2, 0.25) is 0 Å². The van der Waals surface area contributed by atoms with Crippen LogP contribution in [0, 0.1) is 17.6 Å². The Hall–Kier alpha value is -1.29. The Morgan fingerprint density at radius 2 is 2.06 bits per heavy atom. The maximum Gasteiger partial charge on any atom is 0.159 e. The average molecular weight is 225 g/mol. The Morgan fingerprint density at radius 3 is 2.69 bits per heavy atom. The molecule has 1 heterocycles. The number of halogens is 2. The number of nitrogens with one attached hydrogen (secondary N) is 1. The lowest BCUT2D eigenvalue weighted by Gasteiger charge is -2.27. The smallest absolute Gasteiger partial charge is 0.159 e. The van der Waals surface area contributed by atoms with Crippen LogP contribution in [0.4, 0.5) is 8.78 Å². The minimum atomic E-state index is -0.870. The molecule has 2 atom stereocenters. The lowest BCUT2D eigenvalue weighted by atomic mass is 9.91. The summed E-state index contributed by atoms with van der Waals surface area (Å²) >= 11 is 0. The van der Waals surface area contributed by atoms with E-state index in [2.05, 4.69) is 5.32 Å². The first-order valence-corrected chi connectivity index (χ1v) is 5.29. The number of carbonyl (C=O) groups excluding carboxylic acids is 1. The molecule has 0 saturated carbocycles. The molecule has 2 rings (SSSR count). The molecule has 1 aliphatic heterocycles. The quantitative estimate of drug-likeness (QED) is 0.793. The van der Waals surface area contributed by atoms with Crippen LogP contribution in [-0.4, -0.2) is 12.3 Å². The Morgan fingerprint density at radius 1 is 1.31 bits per heavy atom. The summed E-state index contributed by atoms with van der Waals surface area (Å²) in [6, 6.07) is 3.56. The van der Waals surface area contributed by atoms with E-state index in [1.54, 1.807) is 0 Å². The number of rotatable bonds is 1. The predicted octanol–water partition coefficient (Wildman–Crippen LogP) is 2.20. The molecule has 16 heavy (non-hydrogen) atoms. The van der Waals surface area contributed by atoms with E-state index in [0.717, 1.165) is 12.1 Å². The van der Waals surface area contributed by atoms with Crippen molar-refractivity contribution in [3.05, 3.63) is 35.4 Å². The predicted molar refractivity (Wildman–Crippen MR) is 55.9 cm³/mol. The Labute approximate surface area is 92.7 Å². The van der Waals surface area contributed by atoms with Crippen molar-refractivity contribution in [2.45, 2.75) is 19.4 Å². The van der Waals surface area contributed by atoms with Crippen LogP contribution in [0.1, 0.15) is 24.9 Å². The summed E-state index contributed by atoms with van der Waals surface area (Å²) < 4.78 is 25.8. The number of piperidine rings is 1. The molecule has 0 spiro atoms. The summed E-state index contributed by atoms with van der Waals surface area (Å²) in [7, 11) is 0. The molecular formula is C12H13F2NO. The van der Waals surface area contributed by atoms with Crippen molar-refractivity contribution in [3.63, 3.8) is 0 Å². The van der Waals surface area contributed by atoms with Crippen LogP contribution < -0.4 is 5.32 Å². The van der Waals surface area contributed by atoms with Gasteiger partial charge in [-0.2, -0.15) is 0 Å². The number of hydrogen-bond acceptors (Lipinski definition) is 2. The molecule has 0 amide bonds. The molecular weight excluding hydrogens is 212 g/mol. The second-order valence-electron chi connectivity index (χ2n) is 4.21. The molecule has 1 aromatic rings. The molecule has 4 heteroatoms. The summed E-state index contributed by atoms with van der Waals surface area (Å²) in [5, 5.41) is 3.15. The first-order valence-electron chi connectivity index (χ1n) is 5.29. The maximum atomic E-state index is 13.0. The van der Waals surface area contributed by atoms with Crippen LogP contribution in [0.15, 0.2) is 18.2 Å². The normalized spacial score (nSPS) is 25.8. The Bertz CT molecular complexity index is 419. The minimum absolute atomic E-state index is 0.00143. The van der Waals surface area contributed by atoms with Crippen LogP contribution in [0.5, 0.6) is 0 Å². The van der Waals surface area contributed by atoms with Crippen molar-refractivity contribution < 1.29 is 13.6 Å². The minimum Gasteiger partial charge on any atom is -0.309 e. The molecule has 1 aromatic carbocycles. The van der Waals surface area contributed by atoms with Gasteiger partial charge in [0.25, 0.3) is 0 Å². The molecule has 0 radical (unpaired) electrons. The third kappa shape index (κ3) is 2.11. The lowest BCUT2D eigenvalue weighted by molar-refractivity contribution is -0.124. The van der Waals surface area contributed by atoms with Gasteiger partial charge in [-0.3, -0.25) is 4.79 Å². The van der Waals surface area contributed by atoms with Gasteiger partial charge in [0.15, 0.2) is 11.6 Å². The van der Waals surface area contributed by atoms with Crippen LogP contribution in [0.3, 0.4) is 0 Å². The van der Waals surface area contributed by atoms with E-state index in [9.17, 15) is 13.6 Å². The van der Waals surface area contributed by atoms with Gasteiger partial charge in [0.1, 0.15) is 5.78 Å². The maximum absolute atomic E-state index is 13.0. The molecule has 1 fully saturated rings. The monoisotopic (exact) mass is 225 g/mol. The summed E-state index contributed by atoms with van der Waals surface area (Å²) in [6.45, 7) is 2.44. The van der Waals surface area contributed by atoms with Gasteiger partial charge in [-0.1, -0.05) is 13.0 Å². The van der Waals surface area contributed by atoms with Gasteiger partial charge >= 0.3 is 0 Å². The lowest BCUT2D eigenvalue weighted by Crippen LogP contribution is -2.38. The number of benzene rings is 1. The molecule has 2 nitrogen and oxygen atoms in total. The van der Waals surface area contributed by atoms with E-state index >= 15 is 0 Å². The zero-order valence-corrected chi connectivity index (χ0v) is 8.97. The van der Waals surface area contributed by atoms with Gasteiger partial charge < -0.3 is 5.32 Å². The fourth-order valence-corrected chi connectivity index (χ4v) is 1.87. The molecule has 1 aliphatic rings. The van der Waals surface area contributed by atoms with Crippen molar-refractivity contribution in [1.29, 1.82) is 0 Å². The van der Waals surface area contributed by atoms with E-state index in [0.29, 0.717) is 18.5 Å². The Balaban J connectivity index is 2.18. The summed E-state index contributed by atoms with van der Waals surface area (Å²) in [6.07, 6.45) is 0.340. The number of Topliss-reactive ketones (excluding diaryl/α,β-unsaturated/α-hetero) is 1. The molecule has 0 unspecified atom stereocenters. The number of ketones is 1. The molecule has 1 saturated heterocycles. The van der Waals surface area contributed by atoms with Crippen molar-refractivity contribution in [1.82, 2.24) is 5.32 Å². The standard InChI is InChI=1S/C12H13F2NO/c1-7-6-15-11(5-12(7)16)8-2-3-9(13)10(14)4-8/h2-4,7,11,15H,5-6H2,1H3/t7-,11-/m0/s1. The Kier molecular flexibility index (Phi) is 3.01. The van der Waals surface area contributed by atoms with E-state index in [4.69, 9.17) is 0 Å². The SMILES string of the molecule is C[C@H]1CN[C@H](c2ccc(F)c(F)c2)CC1=O. The van der Waals surface area contributed by atoms with E-state index in [1.165, 1.54) is 6.07 Å². The van der Waals surface area contributed by atoms with Gasteiger partial charge in [-0.05, 0) is 17.7 Å². The topological polar surface area (TPSA) is 29.1 Å². The van der Waals surface area contributed by atoms with E-state index in [-0.39, 0.29) is 17.7 Å². The van der Waals surface area contributed by atoms with Crippen molar-refractivity contribution in [3.8, 4) is 0 Å². The van der Waals surface area contributed by atoms with Gasteiger partial charge in [-0.25, -0.2) is 8.78 Å². The van der Waals surface area contributed by atoms with Gasteiger partial charge in [0, 0.05) is 24.9 Å². The second-order valence-corrected chi connectivity index (χ2v) is 4.21. The van der Waals surface area contributed by atoms with E-state index < -0.39 is 11.6 Å². The molecule has 1 N–H and O–H groups in total. The second kappa shape index (κ2) is 4.29. The highest BCUT2D eigenvalue weighted by Crippen LogP contribution is 2.24. The third-order valence-electron chi connectivity index (χ3n) is 2.97. The highest BCUT2D eigenvalue weighted by atomic mass is 19.2. The fraction of sp³-hybridized carbons (Fsp3) is 0.417. The molecule has 86 valence electrons. The van der Waals surface area contributed by atoms with Crippen molar-refractivity contribution in [2.24, 2.45) is 5.92 Å². The molecule has 0 bridgehead atoms. The highest BCUT2D eigenvalue weighted by molar-refractivity contribution is 5.82. The largest absolute Gasteiger partial charge is 0.309 e. The highest BCUT2D eigenvalue weighted by Gasteiger charge is 2.26. The summed E-state index contributed by atoms with van der Waals surface area (Å²) in [5.41, 5.74) is 0.624. The molecule has 0 aliphatic carbocycles. The van der Waals surface area contributed by atoms with Crippen molar-refractivity contribution >= 4 is 5.78 Å². The average Bonchev–Trinajstić information content (AvgIpc) is 2.26. The third-order valence-corrected chi connectivity index (χ3v) is 2.97. The fourth-order valence-electron chi connectivity index (χ4n) is 1.87. The van der Waals surface area contributed by atoms with Gasteiger partial charge in [-0.15, -0.1) is 0 Å². The first kappa shape index (κ1) is 11.2.